The third-order valence-electron chi connectivity index (χ3n) is 6.30. The largest absolute Gasteiger partial charge is 0.373 e. The second kappa shape index (κ2) is 6.86. The smallest absolute Gasteiger partial charge is 0.168 e. The van der Waals surface area contributed by atoms with Crippen molar-refractivity contribution in [3.05, 3.63) is 11.6 Å². The Morgan fingerprint density at radius 1 is 0.864 bits per heavy atom. The summed E-state index contributed by atoms with van der Waals surface area (Å²) in [6, 6.07) is 0. The van der Waals surface area contributed by atoms with Gasteiger partial charge in [0.25, 0.3) is 0 Å². The minimum Gasteiger partial charge on any atom is -0.373 e. The van der Waals surface area contributed by atoms with Gasteiger partial charge in [-0.25, -0.2) is 0 Å². The number of rotatable bonds is 1. The van der Waals surface area contributed by atoms with Crippen LogP contribution in [0, 0.1) is 5.41 Å². The second-order valence-corrected chi connectivity index (χ2v) is 7.74. The van der Waals surface area contributed by atoms with Crippen LogP contribution in [0.3, 0.4) is 0 Å². The normalized spacial score (nSPS) is 37.5. The Bertz CT molecular complexity index is 439. The summed E-state index contributed by atoms with van der Waals surface area (Å²) in [6.45, 7) is 0. The number of methoxy groups -OCH3 is 1. The molecule has 3 rings (SSSR count). The van der Waals surface area contributed by atoms with Crippen LogP contribution in [-0.2, 0) is 9.53 Å². The molecule has 2 fully saturated rings. The number of hydrogen-bond acceptors (Lipinski definition) is 2. The second-order valence-electron chi connectivity index (χ2n) is 7.74. The highest BCUT2D eigenvalue weighted by Crippen LogP contribution is 2.68. The van der Waals surface area contributed by atoms with Crippen molar-refractivity contribution >= 4 is 5.78 Å². The lowest BCUT2D eigenvalue weighted by Crippen LogP contribution is -2.23. The maximum absolute atomic E-state index is 12.9. The molecule has 3 aliphatic carbocycles. The molecule has 0 heterocycles. The van der Waals surface area contributed by atoms with Gasteiger partial charge in [0, 0.05) is 7.11 Å². The highest BCUT2D eigenvalue weighted by Gasteiger charge is 2.74. The zero-order valence-corrected chi connectivity index (χ0v) is 14.3. The van der Waals surface area contributed by atoms with Gasteiger partial charge in [-0.2, -0.15) is 0 Å². The number of fused-ring (bicyclic) bond motifs is 1. The van der Waals surface area contributed by atoms with Crippen LogP contribution >= 0.6 is 0 Å². The molecule has 2 unspecified atom stereocenters. The Morgan fingerprint density at radius 3 is 2.00 bits per heavy atom. The number of ketones is 1. The van der Waals surface area contributed by atoms with Crippen molar-refractivity contribution in [3.63, 3.8) is 0 Å². The van der Waals surface area contributed by atoms with E-state index in [4.69, 9.17) is 4.74 Å². The minimum atomic E-state index is -0.215. The maximum Gasteiger partial charge on any atom is 0.168 e. The van der Waals surface area contributed by atoms with Gasteiger partial charge < -0.3 is 4.74 Å². The molecule has 2 bridgehead atoms. The first kappa shape index (κ1) is 16.2. The van der Waals surface area contributed by atoms with Gasteiger partial charge >= 0.3 is 0 Å². The Labute approximate surface area is 135 Å². The van der Waals surface area contributed by atoms with Crippen LogP contribution in [0.4, 0.5) is 0 Å². The number of hydrogen-bond donors (Lipinski definition) is 0. The van der Waals surface area contributed by atoms with E-state index in [0.29, 0.717) is 5.78 Å². The molecule has 0 aromatic carbocycles. The van der Waals surface area contributed by atoms with Crippen LogP contribution in [-0.4, -0.2) is 18.5 Å². The van der Waals surface area contributed by atoms with Gasteiger partial charge in [0.05, 0.1) is 5.41 Å². The van der Waals surface area contributed by atoms with Crippen molar-refractivity contribution in [2.24, 2.45) is 5.41 Å². The van der Waals surface area contributed by atoms with Gasteiger partial charge in [-0.1, -0.05) is 64.2 Å². The SMILES string of the molecule is COC12C=C3CCCCCCCCCCCCCC1(C2)C3=O. The predicted molar refractivity (Wildman–Crippen MR) is 89.9 cm³/mol. The zero-order valence-electron chi connectivity index (χ0n) is 14.3. The first-order chi connectivity index (χ1) is 10.7. The van der Waals surface area contributed by atoms with Crippen LogP contribution < -0.4 is 0 Å². The Morgan fingerprint density at radius 2 is 1.41 bits per heavy atom. The lowest BCUT2D eigenvalue weighted by Gasteiger charge is -2.16. The van der Waals surface area contributed by atoms with E-state index in [0.717, 1.165) is 24.8 Å². The standard InChI is InChI=1S/C20H32O2/c1-22-20-15-17-13-11-9-7-5-3-2-4-6-8-10-12-14-19(20,16-20)18(17)21/h15H,2-14,16H2,1H3. The van der Waals surface area contributed by atoms with Gasteiger partial charge in [0.2, 0.25) is 0 Å². The molecule has 3 aliphatic rings. The summed E-state index contributed by atoms with van der Waals surface area (Å²) in [6.07, 6.45) is 19.7. The van der Waals surface area contributed by atoms with E-state index in [2.05, 4.69) is 6.08 Å². The summed E-state index contributed by atoms with van der Waals surface area (Å²) in [5.74, 6) is 0.432. The maximum atomic E-state index is 12.9. The minimum absolute atomic E-state index is 0.159. The predicted octanol–water partition coefficient (Wildman–Crippen LogP) is 5.36. The zero-order chi connectivity index (χ0) is 15.5. The highest BCUT2D eigenvalue weighted by molar-refractivity contribution is 6.07. The molecule has 2 saturated carbocycles. The van der Waals surface area contributed by atoms with Crippen molar-refractivity contribution in [1.82, 2.24) is 0 Å². The third kappa shape index (κ3) is 2.91. The van der Waals surface area contributed by atoms with Gasteiger partial charge in [-0.15, -0.1) is 0 Å². The topological polar surface area (TPSA) is 26.3 Å². The summed E-state index contributed by atoms with van der Waals surface area (Å²) >= 11 is 0. The highest BCUT2D eigenvalue weighted by atomic mass is 16.5. The number of ether oxygens (including phenoxy) is 1. The molecule has 22 heavy (non-hydrogen) atoms. The summed E-state index contributed by atoms with van der Waals surface area (Å²) in [5.41, 5.74) is 0.710. The van der Waals surface area contributed by atoms with E-state index in [-0.39, 0.29) is 11.0 Å². The average molecular weight is 304 g/mol. The summed E-state index contributed by atoms with van der Waals surface area (Å²) in [5, 5.41) is 0. The van der Waals surface area contributed by atoms with Crippen LogP contribution in [0.5, 0.6) is 0 Å². The molecule has 0 aromatic heterocycles. The lowest BCUT2D eigenvalue weighted by atomic mass is 9.89. The first-order valence-corrected chi connectivity index (χ1v) is 9.56. The van der Waals surface area contributed by atoms with Crippen molar-refractivity contribution in [1.29, 1.82) is 0 Å². The fourth-order valence-electron chi connectivity index (χ4n) is 4.78. The van der Waals surface area contributed by atoms with Crippen molar-refractivity contribution in [2.45, 2.75) is 95.5 Å². The van der Waals surface area contributed by atoms with E-state index in [9.17, 15) is 4.79 Å². The van der Waals surface area contributed by atoms with Gasteiger partial charge in [-0.3, -0.25) is 4.79 Å². The summed E-state index contributed by atoms with van der Waals surface area (Å²) in [4.78, 5) is 12.9. The Balaban J connectivity index is 1.63. The van der Waals surface area contributed by atoms with E-state index in [1.807, 2.05) is 0 Å². The molecule has 2 heteroatoms. The molecule has 0 aliphatic heterocycles. The molecule has 0 aromatic rings. The van der Waals surface area contributed by atoms with E-state index in [1.54, 1.807) is 7.11 Å². The third-order valence-corrected chi connectivity index (χ3v) is 6.30. The summed E-state index contributed by atoms with van der Waals surface area (Å²) in [7, 11) is 1.79. The van der Waals surface area contributed by atoms with Crippen LogP contribution in [0.25, 0.3) is 0 Å². The fourth-order valence-corrected chi connectivity index (χ4v) is 4.78. The van der Waals surface area contributed by atoms with Gasteiger partial charge in [0.1, 0.15) is 5.60 Å². The van der Waals surface area contributed by atoms with Crippen LogP contribution in [0.15, 0.2) is 11.6 Å². The quantitative estimate of drug-likeness (QED) is 0.652. The molecule has 1 spiro atoms. The van der Waals surface area contributed by atoms with E-state index >= 15 is 0 Å². The Hall–Kier alpha value is -0.630. The number of Topliss-reactive ketones (excluding diaryl/α,β-unsaturated/α-hetero) is 1. The number of carbonyl (C=O) groups is 1. The number of allylic oxidation sites excluding steroid dienone is 1. The van der Waals surface area contributed by atoms with Crippen molar-refractivity contribution in [3.8, 4) is 0 Å². The lowest BCUT2D eigenvalue weighted by molar-refractivity contribution is -0.122. The fraction of sp³-hybridized carbons (Fsp3) is 0.850. The monoisotopic (exact) mass is 304 g/mol. The van der Waals surface area contributed by atoms with Crippen LogP contribution in [0.1, 0.15) is 89.9 Å². The average Bonchev–Trinajstić information content (AvgIpc) is 3.11. The molecule has 2 atom stereocenters. The Kier molecular flexibility index (Phi) is 5.07. The van der Waals surface area contributed by atoms with E-state index < -0.39 is 0 Å². The first-order valence-electron chi connectivity index (χ1n) is 9.56. The van der Waals surface area contributed by atoms with Crippen molar-refractivity contribution < 1.29 is 9.53 Å². The molecular weight excluding hydrogens is 272 g/mol. The van der Waals surface area contributed by atoms with Crippen molar-refractivity contribution in [2.75, 3.05) is 7.11 Å². The summed E-state index contributed by atoms with van der Waals surface area (Å²) < 4.78 is 5.80. The number of carbonyl (C=O) groups excluding carboxylic acids is 1. The molecule has 2 nitrogen and oxygen atoms in total. The molecule has 124 valence electrons. The van der Waals surface area contributed by atoms with E-state index in [1.165, 1.54) is 70.6 Å². The molecule has 0 radical (unpaired) electrons. The van der Waals surface area contributed by atoms with Crippen LogP contribution in [0.2, 0.25) is 0 Å². The molecule has 0 amide bonds. The molecular formula is C20H32O2. The van der Waals surface area contributed by atoms with Gasteiger partial charge in [0.15, 0.2) is 5.78 Å². The van der Waals surface area contributed by atoms with Gasteiger partial charge in [-0.05, 0) is 37.3 Å². The molecule has 0 N–H and O–H groups in total. The molecule has 0 saturated heterocycles.